The van der Waals surface area contributed by atoms with E-state index in [-0.39, 0.29) is 12.5 Å². The van der Waals surface area contributed by atoms with Crippen molar-refractivity contribution in [1.82, 2.24) is 5.32 Å². The summed E-state index contributed by atoms with van der Waals surface area (Å²) < 4.78 is 12.0. The van der Waals surface area contributed by atoms with Gasteiger partial charge in [-0.2, -0.15) is 0 Å². The van der Waals surface area contributed by atoms with Gasteiger partial charge in [-0.05, 0) is 56.4 Å². The van der Waals surface area contributed by atoms with E-state index < -0.39 is 18.3 Å². The molecule has 6 heteroatoms. The van der Waals surface area contributed by atoms with Gasteiger partial charge >= 0.3 is 7.12 Å². The monoisotopic (exact) mass is 315 g/mol. The molecule has 0 bridgehead atoms. The van der Waals surface area contributed by atoms with Crippen LogP contribution in [0.3, 0.4) is 0 Å². The van der Waals surface area contributed by atoms with Crippen LogP contribution in [0.2, 0.25) is 0 Å². The van der Waals surface area contributed by atoms with Crippen molar-refractivity contribution in [2.45, 2.75) is 45.4 Å². The number of fused-ring (bicyclic) bond motifs is 1. The van der Waals surface area contributed by atoms with Crippen molar-refractivity contribution in [2.24, 2.45) is 0 Å². The van der Waals surface area contributed by atoms with Gasteiger partial charge in [0, 0.05) is 12.1 Å². The fourth-order valence-electron chi connectivity index (χ4n) is 2.74. The van der Waals surface area contributed by atoms with Gasteiger partial charge in [0.2, 0.25) is 0 Å². The van der Waals surface area contributed by atoms with Gasteiger partial charge in [0.1, 0.15) is 0 Å². The van der Waals surface area contributed by atoms with Crippen LogP contribution in [-0.4, -0.2) is 35.9 Å². The number of aliphatic hydroxyl groups excluding tert-OH is 1. The number of aliphatic hydroxyl groups is 1. The molecule has 0 aromatic heterocycles. The molecule has 5 nitrogen and oxygen atoms in total. The van der Waals surface area contributed by atoms with Gasteiger partial charge in [-0.1, -0.05) is 12.1 Å². The van der Waals surface area contributed by atoms with Crippen molar-refractivity contribution in [3.05, 3.63) is 40.4 Å². The molecule has 1 saturated heterocycles. The van der Waals surface area contributed by atoms with E-state index in [1.807, 2.05) is 52.0 Å². The molecule has 122 valence electrons. The fraction of sp³-hybridized carbons (Fsp3) is 0.471. The predicted molar refractivity (Wildman–Crippen MR) is 88.8 cm³/mol. The number of nitrogens with one attached hydrogen (secondary N) is 1. The highest BCUT2D eigenvalue weighted by Gasteiger charge is 2.52. The molecule has 23 heavy (non-hydrogen) atoms. The van der Waals surface area contributed by atoms with Crippen LogP contribution in [0.4, 0.5) is 0 Å². The third kappa shape index (κ3) is 2.82. The Balaban J connectivity index is 1.87. The molecule has 2 N–H and O–H groups in total. The van der Waals surface area contributed by atoms with Crippen LogP contribution in [0, 0.1) is 0 Å². The summed E-state index contributed by atoms with van der Waals surface area (Å²) in [4.78, 5) is 11.6. The molecule has 0 saturated carbocycles. The Kier molecular flexibility index (Phi) is 3.87. The van der Waals surface area contributed by atoms with Crippen LogP contribution >= 0.6 is 0 Å². The molecule has 2 aliphatic heterocycles. The average Bonchev–Trinajstić information content (AvgIpc) is 2.94. The summed E-state index contributed by atoms with van der Waals surface area (Å²) in [6, 6.07) is 5.63. The first-order valence-corrected chi connectivity index (χ1v) is 7.81. The normalized spacial score (nSPS) is 22.2. The van der Waals surface area contributed by atoms with Gasteiger partial charge in [-0.3, -0.25) is 4.79 Å². The predicted octanol–water partition coefficient (Wildman–Crippen LogP) is 1.94. The van der Waals surface area contributed by atoms with Crippen molar-refractivity contribution >= 4 is 19.1 Å². The minimum Gasteiger partial charge on any atom is -0.400 e. The highest BCUT2D eigenvalue weighted by atomic mass is 16.7. The van der Waals surface area contributed by atoms with E-state index in [1.165, 1.54) is 0 Å². The summed E-state index contributed by atoms with van der Waals surface area (Å²) in [5.41, 5.74) is 2.37. The van der Waals surface area contributed by atoms with Gasteiger partial charge < -0.3 is 19.7 Å². The molecule has 1 aromatic rings. The minimum absolute atomic E-state index is 0.0381. The van der Waals surface area contributed by atoms with Crippen LogP contribution in [0.15, 0.2) is 23.7 Å². The largest absolute Gasteiger partial charge is 0.492 e. The van der Waals surface area contributed by atoms with E-state index in [4.69, 9.17) is 9.31 Å². The van der Waals surface area contributed by atoms with Crippen LogP contribution < -0.4 is 5.32 Å². The summed E-state index contributed by atoms with van der Waals surface area (Å²) in [5.74, 6) is -0.0381. The SMILES string of the molecule is CC1(C)OB(C(=Cc2ccc3c(c2)CNC3=O)CO)OC1(C)C. The first-order valence-electron chi connectivity index (χ1n) is 7.81. The average molecular weight is 315 g/mol. The Hall–Kier alpha value is -1.63. The van der Waals surface area contributed by atoms with Crippen molar-refractivity contribution in [1.29, 1.82) is 0 Å². The van der Waals surface area contributed by atoms with E-state index in [9.17, 15) is 9.90 Å². The Morgan fingerprint density at radius 2 is 1.96 bits per heavy atom. The molecule has 2 aliphatic rings. The second-order valence-corrected chi connectivity index (χ2v) is 7.06. The molecule has 0 radical (unpaired) electrons. The zero-order chi connectivity index (χ0) is 16.8. The van der Waals surface area contributed by atoms with E-state index >= 15 is 0 Å². The van der Waals surface area contributed by atoms with E-state index in [1.54, 1.807) is 0 Å². The molecule has 0 atom stereocenters. The quantitative estimate of drug-likeness (QED) is 0.837. The van der Waals surface area contributed by atoms with Crippen molar-refractivity contribution in [3.63, 3.8) is 0 Å². The Morgan fingerprint density at radius 3 is 2.57 bits per heavy atom. The first-order chi connectivity index (χ1) is 10.7. The summed E-state index contributed by atoms with van der Waals surface area (Å²) in [6.07, 6.45) is 1.87. The molecule has 1 amide bonds. The minimum atomic E-state index is -0.571. The van der Waals surface area contributed by atoms with Crippen LogP contribution in [0.25, 0.3) is 6.08 Å². The van der Waals surface area contributed by atoms with Crippen molar-refractivity contribution < 1.29 is 19.2 Å². The maximum Gasteiger partial charge on any atom is 0.492 e. The lowest BCUT2D eigenvalue weighted by atomic mass is 9.77. The molecule has 3 rings (SSSR count). The van der Waals surface area contributed by atoms with Gasteiger partial charge in [0.25, 0.3) is 5.91 Å². The van der Waals surface area contributed by atoms with Crippen molar-refractivity contribution in [3.8, 4) is 0 Å². The smallest absolute Gasteiger partial charge is 0.400 e. The third-order valence-corrected chi connectivity index (χ3v) is 4.90. The van der Waals surface area contributed by atoms with E-state index in [0.29, 0.717) is 17.6 Å². The second-order valence-electron chi connectivity index (χ2n) is 7.06. The number of rotatable bonds is 3. The molecule has 0 unspecified atom stereocenters. The number of carbonyl (C=O) groups is 1. The van der Waals surface area contributed by atoms with Gasteiger partial charge in [-0.15, -0.1) is 0 Å². The van der Waals surface area contributed by atoms with Crippen LogP contribution in [-0.2, 0) is 15.9 Å². The zero-order valence-electron chi connectivity index (χ0n) is 14.0. The summed E-state index contributed by atoms with van der Waals surface area (Å²) in [7, 11) is -0.571. The molecule has 1 fully saturated rings. The first kappa shape index (κ1) is 16.2. The lowest BCUT2D eigenvalue weighted by Gasteiger charge is -2.32. The Bertz CT molecular complexity index is 665. The van der Waals surface area contributed by atoms with Crippen LogP contribution in [0.5, 0.6) is 0 Å². The number of amides is 1. The number of hydrogen-bond donors (Lipinski definition) is 2. The lowest BCUT2D eigenvalue weighted by molar-refractivity contribution is 0.00578. The zero-order valence-corrected chi connectivity index (χ0v) is 14.0. The summed E-state index contributed by atoms with van der Waals surface area (Å²) in [5, 5.41) is 12.5. The highest BCUT2D eigenvalue weighted by Crippen LogP contribution is 2.38. The lowest BCUT2D eigenvalue weighted by Crippen LogP contribution is -2.41. The van der Waals surface area contributed by atoms with Gasteiger partial charge in [0.05, 0.1) is 17.8 Å². The van der Waals surface area contributed by atoms with E-state index in [2.05, 4.69) is 5.32 Å². The van der Waals surface area contributed by atoms with Crippen molar-refractivity contribution in [2.75, 3.05) is 6.61 Å². The Morgan fingerprint density at radius 1 is 1.30 bits per heavy atom. The standard InChI is InChI=1S/C17H22BNO4/c1-16(2)17(3,4)23-18(22-16)13(10-20)8-11-5-6-14-12(7-11)9-19-15(14)21/h5-8,20H,9-10H2,1-4H3,(H,19,21). The summed E-state index contributed by atoms with van der Waals surface area (Å²) >= 11 is 0. The number of carbonyl (C=O) groups excluding carboxylic acids is 1. The molecule has 0 spiro atoms. The molecule has 2 heterocycles. The highest BCUT2D eigenvalue weighted by molar-refractivity contribution is 6.55. The van der Waals surface area contributed by atoms with Gasteiger partial charge in [0.15, 0.2) is 0 Å². The topological polar surface area (TPSA) is 67.8 Å². The number of hydrogen-bond acceptors (Lipinski definition) is 4. The number of benzene rings is 1. The summed E-state index contributed by atoms with van der Waals surface area (Å²) in [6.45, 7) is 8.32. The van der Waals surface area contributed by atoms with Gasteiger partial charge in [-0.25, -0.2) is 0 Å². The maximum absolute atomic E-state index is 11.6. The van der Waals surface area contributed by atoms with E-state index in [0.717, 1.165) is 11.1 Å². The molecular weight excluding hydrogens is 293 g/mol. The molecule has 1 aromatic carbocycles. The fourth-order valence-corrected chi connectivity index (χ4v) is 2.74. The molecular formula is C17H22BNO4. The third-order valence-electron chi connectivity index (χ3n) is 4.90. The maximum atomic E-state index is 11.6. The van der Waals surface area contributed by atoms with Crippen LogP contribution in [0.1, 0.15) is 49.2 Å². The molecule has 0 aliphatic carbocycles. The second kappa shape index (κ2) is 5.48. The Labute approximate surface area is 136 Å².